The summed E-state index contributed by atoms with van der Waals surface area (Å²) in [6, 6.07) is 11.3. The van der Waals surface area contributed by atoms with Crippen LogP contribution in [0.1, 0.15) is 44.6 Å². The number of hydrogen-bond donors (Lipinski definition) is 1. The van der Waals surface area contributed by atoms with E-state index in [9.17, 15) is 22.4 Å². The standard InChI is InChI=1S/C26H34FN3O5S/c1-4-24(26(32)28-21-8-5-6-9-21)29(17-19-12-14-20(27)15-13-19)25(31)18-30(36(3,33)34)22-10-7-11-23(16-22)35-2/h7,10-16,21,24H,4-6,8-9,17-18H2,1-3H3,(H,28,32). The number of amides is 2. The van der Waals surface area contributed by atoms with Gasteiger partial charge in [-0.1, -0.05) is 38.0 Å². The van der Waals surface area contributed by atoms with Crippen molar-refractivity contribution in [1.29, 1.82) is 0 Å². The Kier molecular flexibility index (Phi) is 9.31. The zero-order valence-corrected chi connectivity index (χ0v) is 21.8. The third-order valence-corrected chi connectivity index (χ3v) is 7.51. The molecule has 1 fully saturated rings. The number of nitrogens with one attached hydrogen (secondary N) is 1. The van der Waals surface area contributed by atoms with Crippen molar-refractivity contribution in [1.82, 2.24) is 10.2 Å². The highest BCUT2D eigenvalue weighted by molar-refractivity contribution is 7.92. The molecule has 0 saturated heterocycles. The first-order chi connectivity index (χ1) is 17.1. The first-order valence-corrected chi connectivity index (χ1v) is 13.9. The van der Waals surface area contributed by atoms with Gasteiger partial charge in [0.2, 0.25) is 21.8 Å². The van der Waals surface area contributed by atoms with Gasteiger partial charge in [-0.15, -0.1) is 0 Å². The van der Waals surface area contributed by atoms with Gasteiger partial charge < -0.3 is 15.0 Å². The van der Waals surface area contributed by atoms with Crippen LogP contribution < -0.4 is 14.4 Å². The molecule has 1 unspecified atom stereocenters. The molecular weight excluding hydrogens is 485 g/mol. The molecule has 1 aliphatic carbocycles. The zero-order valence-electron chi connectivity index (χ0n) is 20.9. The lowest BCUT2D eigenvalue weighted by Crippen LogP contribution is -2.53. The lowest BCUT2D eigenvalue weighted by Gasteiger charge is -2.33. The van der Waals surface area contributed by atoms with Crippen molar-refractivity contribution < 1.29 is 27.1 Å². The van der Waals surface area contributed by atoms with Crippen LogP contribution in [0.4, 0.5) is 10.1 Å². The Bertz CT molecular complexity index is 1150. The van der Waals surface area contributed by atoms with Gasteiger partial charge in [0.05, 0.1) is 19.1 Å². The van der Waals surface area contributed by atoms with Crippen LogP contribution in [0, 0.1) is 5.82 Å². The number of halogens is 1. The van der Waals surface area contributed by atoms with Crippen molar-refractivity contribution in [3.8, 4) is 5.75 Å². The number of ether oxygens (including phenoxy) is 1. The minimum absolute atomic E-state index is 0.0332. The van der Waals surface area contributed by atoms with Gasteiger partial charge in [-0.05, 0) is 49.1 Å². The van der Waals surface area contributed by atoms with Crippen LogP contribution in [0.3, 0.4) is 0 Å². The SMILES string of the molecule is CCC(C(=O)NC1CCCC1)N(Cc1ccc(F)cc1)C(=O)CN(c1cccc(OC)c1)S(C)(=O)=O. The van der Waals surface area contributed by atoms with Gasteiger partial charge in [-0.25, -0.2) is 12.8 Å². The highest BCUT2D eigenvalue weighted by Crippen LogP contribution is 2.24. The molecule has 2 amide bonds. The molecule has 10 heteroatoms. The van der Waals surface area contributed by atoms with Crippen molar-refractivity contribution in [2.45, 2.75) is 57.7 Å². The lowest BCUT2D eigenvalue weighted by atomic mass is 10.1. The fourth-order valence-corrected chi connectivity index (χ4v) is 5.29. The molecular formula is C26H34FN3O5S. The summed E-state index contributed by atoms with van der Waals surface area (Å²) in [6.45, 7) is 1.34. The van der Waals surface area contributed by atoms with Crippen molar-refractivity contribution >= 4 is 27.5 Å². The van der Waals surface area contributed by atoms with E-state index in [4.69, 9.17) is 4.74 Å². The predicted molar refractivity (Wildman–Crippen MR) is 137 cm³/mol. The van der Waals surface area contributed by atoms with Crippen molar-refractivity contribution in [3.63, 3.8) is 0 Å². The molecule has 36 heavy (non-hydrogen) atoms. The highest BCUT2D eigenvalue weighted by atomic mass is 32.2. The summed E-state index contributed by atoms with van der Waals surface area (Å²) in [5, 5.41) is 3.05. The van der Waals surface area contributed by atoms with E-state index in [0.717, 1.165) is 36.2 Å². The van der Waals surface area contributed by atoms with Crippen molar-refractivity contribution in [2.24, 2.45) is 0 Å². The average Bonchev–Trinajstić information content (AvgIpc) is 3.35. The molecule has 8 nitrogen and oxygen atoms in total. The van der Waals surface area contributed by atoms with E-state index in [0.29, 0.717) is 17.7 Å². The maximum absolute atomic E-state index is 13.7. The van der Waals surface area contributed by atoms with Crippen molar-refractivity contribution in [3.05, 3.63) is 59.9 Å². The summed E-state index contributed by atoms with van der Waals surface area (Å²) < 4.78 is 45.1. The Labute approximate surface area is 212 Å². The maximum atomic E-state index is 13.7. The topological polar surface area (TPSA) is 96.0 Å². The Morgan fingerprint density at radius 2 is 1.81 bits per heavy atom. The number of nitrogens with zero attached hydrogens (tertiary/aromatic N) is 2. The summed E-state index contributed by atoms with van der Waals surface area (Å²) >= 11 is 0. The normalized spacial score (nSPS) is 14.8. The van der Waals surface area contributed by atoms with Crippen LogP contribution in [0.2, 0.25) is 0 Å². The number of carbonyl (C=O) groups excluding carboxylic acids is 2. The number of methoxy groups -OCH3 is 1. The Morgan fingerprint density at radius 1 is 1.14 bits per heavy atom. The molecule has 1 atom stereocenters. The molecule has 2 aromatic rings. The predicted octanol–water partition coefficient (Wildman–Crippen LogP) is 3.47. The van der Waals surface area contributed by atoms with E-state index in [2.05, 4.69) is 5.32 Å². The summed E-state index contributed by atoms with van der Waals surface area (Å²) in [7, 11) is -2.37. The number of sulfonamides is 1. The van der Waals surface area contributed by atoms with E-state index < -0.39 is 34.3 Å². The second-order valence-corrected chi connectivity index (χ2v) is 10.9. The van der Waals surface area contributed by atoms with Crippen LogP contribution in [0.15, 0.2) is 48.5 Å². The molecule has 0 heterocycles. The van der Waals surface area contributed by atoms with Gasteiger partial charge in [-0.2, -0.15) is 0 Å². The fourth-order valence-electron chi connectivity index (χ4n) is 4.45. The van der Waals surface area contributed by atoms with Crippen LogP contribution in [0.5, 0.6) is 5.75 Å². The minimum Gasteiger partial charge on any atom is -0.497 e. The van der Waals surface area contributed by atoms with E-state index in [1.807, 2.05) is 0 Å². The van der Waals surface area contributed by atoms with Crippen molar-refractivity contribution in [2.75, 3.05) is 24.2 Å². The molecule has 3 rings (SSSR count). The Morgan fingerprint density at radius 3 is 2.39 bits per heavy atom. The number of carbonyl (C=O) groups is 2. The first-order valence-electron chi connectivity index (χ1n) is 12.1. The van der Waals surface area contributed by atoms with Gasteiger partial charge in [0.25, 0.3) is 0 Å². The van der Waals surface area contributed by atoms with Crippen LogP contribution in [-0.4, -0.2) is 57.1 Å². The fraction of sp³-hybridized carbons (Fsp3) is 0.462. The Balaban J connectivity index is 1.92. The summed E-state index contributed by atoms with van der Waals surface area (Å²) in [5.41, 5.74) is 0.902. The van der Waals surface area contributed by atoms with E-state index in [1.54, 1.807) is 37.3 Å². The third-order valence-electron chi connectivity index (χ3n) is 6.37. The molecule has 1 saturated carbocycles. The smallest absolute Gasteiger partial charge is 0.244 e. The Hall–Kier alpha value is -3.14. The molecule has 0 bridgehead atoms. The lowest BCUT2D eigenvalue weighted by molar-refractivity contribution is -0.140. The molecule has 0 aliphatic heterocycles. The van der Waals surface area contributed by atoms with E-state index >= 15 is 0 Å². The van der Waals surface area contributed by atoms with Gasteiger partial charge >= 0.3 is 0 Å². The first kappa shape index (κ1) is 27.4. The average molecular weight is 520 g/mol. The van der Waals surface area contributed by atoms with Crippen LogP contribution >= 0.6 is 0 Å². The van der Waals surface area contributed by atoms with E-state index in [1.165, 1.54) is 30.2 Å². The third kappa shape index (κ3) is 7.19. The molecule has 1 N–H and O–H groups in total. The summed E-state index contributed by atoms with van der Waals surface area (Å²) in [4.78, 5) is 28.3. The van der Waals surface area contributed by atoms with Gasteiger partial charge in [-0.3, -0.25) is 13.9 Å². The van der Waals surface area contributed by atoms with E-state index in [-0.39, 0.29) is 24.2 Å². The zero-order chi connectivity index (χ0) is 26.3. The number of anilines is 1. The number of hydrogen-bond acceptors (Lipinski definition) is 5. The maximum Gasteiger partial charge on any atom is 0.244 e. The van der Waals surface area contributed by atoms with Crippen LogP contribution in [0.25, 0.3) is 0 Å². The number of rotatable bonds is 11. The number of benzene rings is 2. The molecule has 2 aromatic carbocycles. The van der Waals surface area contributed by atoms with Crippen LogP contribution in [-0.2, 0) is 26.2 Å². The monoisotopic (exact) mass is 519 g/mol. The largest absolute Gasteiger partial charge is 0.497 e. The highest BCUT2D eigenvalue weighted by Gasteiger charge is 2.33. The van der Waals surface area contributed by atoms with Gasteiger partial charge in [0.15, 0.2) is 0 Å². The molecule has 0 aromatic heterocycles. The second-order valence-electron chi connectivity index (χ2n) is 9.03. The molecule has 0 spiro atoms. The van der Waals surface area contributed by atoms with Gasteiger partial charge in [0.1, 0.15) is 24.2 Å². The van der Waals surface area contributed by atoms with Gasteiger partial charge in [0, 0.05) is 18.7 Å². The quantitative estimate of drug-likeness (QED) is 0.491. The molecule has 196 valence electrons. The second kappa shape index (κ2) is 12.2. The molecule has 1 aliphatic rings. The molecule has 0 radical (unpaired) electrons. The summed E-state index contributed by atoms with van der Waals surface area (Å²) in [5.74, 6) is -0.781. The minimum atomic E-state index is -3.84. The summed E-state index contributed by atoms with van der Waals surface area (Å²) in [6.07, 6.45) is 5.24.